The topological polar surface area (TPSA) is 26.0 Å². The fourth-order valence-electron chi connectivity index (χ4n) is 2.31. The van der Waals surface area contributed by atoms with Gasteiger partial charge in [0.05, 0.1) is 0 Å². The molecule has 76 valence electrons. The van der Waals surface area contributed by atoms with E-state index in [2.05, 4.69) is 0 Å². The Labute approximate surface area is 77.7 Å². The van der Waals surface area contributed by atoms with Crippen LogP contribution < -0.4 is 5.73 Å². The lowest BCUT2D eigenvalue weighted by Gasteiger charge is -2.31. The molecule has 2 rings (SSSR count). The van der Waals surface area contributed by atoms with Crippen LogP contribution in [0.3, 0.4) is 0 Å². The minimum atomic E-state index is -2.40. The fraction of sp³-hybridized carbons (Fsp3) is 1.00. The molecule has 0 aromatic rings. The lowest BCUT2D eigenvalue weighted by atomic mass is 9.81. The summed E-state index contributed by atoms with van der Waals surface area (Å²) in [4.78, 5) is 0. The summed E-state index contributed by atoms with van der Waals surface area (Å²) in [6.45, 7) is 0. The molecular weight excluding hydrogens is 172 g/mol. The molecule has 2 aliphatic carbocycles. The van der Waals surface area contributed by atoms with Gasteiger partial charge in [0.15, 0.2) is 0 Å². The van der Waals surface area contributed by atoms with Crippen LogP contribution >= 0.6 is 0 Å². The number of hydrogen-bond acceptors (Lipinski definition) is 1. The first kappa shape index (κ1) is 9.38. The van der Waals surface area contributed by atoms with Crippen molar-refractivity contribution in [1.29, 1.82) is 0 Å². The maximum absolute atomic E-state index is 12.8. The van der Waals surface area contributed by atoms with Gasteiger partial charge in [0.25, 0.3) is 0 Å². The normalized spacial score (nSPS) is 31.6. The van der Waals surface area contributed by atoms with Crippen molar-refractivity contribution < 1.29 is 8.78 Å². The molecule has 3 heteroatoms. The van der Waals surface area contributed by atoms with Gasteiger partial charge in [-0.2, -0.15) is 0 Å². The van der Waals surface area contributed by atoms with E-state index in [-0.39, 0.29) is 18.9 Å². The van der Waals surface area contributed by atoms with Crippen molar-refractivity contribution in [3.8, 4) is 0 Å². The zero-order valence-corrected chi connectivity index (χ0v) is 7.81. The first-order chi connectivity index (χ1) is 6.08. The monoisotopic (exact) mass is 189 g/mol. The van der Waals surface area contributed by atoms with Crippen LogP contribution in [0, 0.1) is 11.8 Å². The van der Waals surface area contributed by atoms with E-state index in [0.29, 0.717) is 24.7 Å². The van der Waals surface area contributed by atoms with Crippen molar-refractivity contribution in [1.82, 2.24) is 0 Å². The van der Waals surface area contributed by atoms with Gasteiger partial charge in [-0.15, -0.1) is 0 Å². The molecule has 2 N–H and O–H groups in total. The Hall–Kier alpha value is -0.180. The average Bonchev–Trinajstić information content (AvgIpc) is 2.85. The Kier molecular flexibility index (Phi) is 2.30. The van der Waals surface area contributed by atoms with E-state index in [0.717, 1.165) is 0 Å². The van der Waals surface area contributed by atoms with Gasteiger partial charge in [0, 0.05) is 18.9 Å². The van der Waals surface area contributed by atoms with Crippen LogP contribution in [-0.2, 0) is 0 Å². The summed E-state index contributed by atoms with van der Waals surface area (Å²) < 4.78 is 25.6. The molecule has 0 spiro atoms. The van der Waals surface area contributed by atoms with Gasteiger partial charge in [-0.1, -0.05) is 0 Å². The third-order valence-corrected chi connectivity index (χ3v) is 3.47. The summed E-state index contributed by atoms with van der Waals surface area (Å²) in [6, 6.07) is 0.205. The summed E-state index contributed by atoms with van der Waals surface area (Å²) in [5, 5.41) is 0. The predicted molar refractivity (Wildman–Crippen MR) is 47.6 cm³/mol. The minimum Gasteiger partial charge on any atom is -0.327 e. The lowest BCUT2D eigenvalue weighted by molar-refractivity contribution is -0.0489. The predicted octanol–water partition coefficient (Wildman–Crippen LogP) is 2.55. The van der Waals surface area contributed by atoms with E-state index in [4.69, 9.17) is 5.73 Å². The molecule has 1 atom stereocenters. The van der Waals surface area contributed by atoms with Crippen molar-refractivity contribution in [2.24, 2.45) is 17.6 Å². The molecule has 2 aliphatic rings. The second kappa shape index (κ2) is 3.19. The van der Waals surface area contributed by atoms with Crippen LogP contribution in [0.5, 0.6) is 0 Å². The number of hydrogen-bond donors (Lipinski definition) is 1. The summed E-state index contributed by atoms with van der Waals surface area (Å²) in [5.74, 6) is -1.39. The van der Waals surface area contributed by atoms with Crippen molar-refractivity contribution in [3.63, 3.8) is 0 Å². The molecule has 0 aromatic carbocycles. The number of halogens is 2. The van der Waals surface area contributed by atoms with E-state index in [1.807, 2.05) is 0 Å². The number of nitrogens with two attached hydrogens (primary N) is 1. The van der Waals surface area contributed by atoms with E-state index < -0.39 is 5.92 Å². The van der Waals surface area contributed by atoms with Crippen molar-refractivity contribution in [3.05, 3.63) is 0 Å². The van der Waals surface area contributed by atoms with Crippen LogP contribution in [-0.4, -0.2) is 12.0 Å². The Balaban J connectivity index is 1.83. The molecule has 1 nitrogen and oxygen atoms in total. The maximum atomic E-state index is 12.8. The van der Waals surface area contributed by atoms with Gasteiger partial charge in [-0.05, 0) is 37.5 Å². The molecule has 2 saturated carbocycles. The smallest absolute Gasteiger partial charge is 0.248 e. The van der Waals surface area contributed by atoms with Crippen molar-refractivity contribution >= 4 is 0 Å². The average molecular weight is 189 g/mol. The zero-order valence-electron chi connectivity index (χ0n) is 7.81. The molecule has 0 radical (unpaired) electrons. The van der Waals surface area contributed by atoms with Gasteiger partial charge in [-0.3, -0.25) is 0 Å². The molecule has 2 fully saturated rings. The van der Waals surface area contributed by atoms with Gasteiger partial charge in [0.2, 0.25) is 5.92 Å². The highest BCUT2D eigenvalue weighted by molar-refractivity contribution is 4.91. The molecule has 0 bridgehead atoms. The molecule has 0 aliphatic heterocycles. The second-order valence-electron chi connectivity index (χ2n) is 4.61. The first-order valence-electron chi connectivity index (χ1n) is 5.22. The summed E-state index contributed by atoms with van der Waals surface area (Å²) >= 11 is 0. The Morgan fingerprint density at radius 2 is 1.46 bits per heavy atom. The maximum Gasteiger partial charge on any atom is 0.248 e. The molecule has 0 aromatic heterocycles. The van der Waals surface area contributed by atoms with Crippen LogP contribution in [0.4, 0.5) is 8.78 Å². The quantitative estimate of drug-likeness (QED) is 0.709. The molecule has 13 heavy (non-hydrogen) atoms. The minimum absolute atomic E-state index is 0.0537. The van der Waals surface area contributed by atoms with Gasteiger partial charge in [0.1, 0.15) is 0 Å². The van der Waals surface area contributed by atoms with E-state index in [1.165, 1.54) is 12.8 Å². The summed E-state index contributed by atoms with van der Waals surface area (Å²) in [6.07, 6.45) is 3.80. The Morgan fingerprint density at radius 1 is 1.00 bits per heavy atom. The van der Waals surface area contributed by atoms with Crippen LogP contribution in [0.25, 0.3) is 0 Å². The van der Waals surface area contributed by atoms with E-state index >= 15 is 0 Å². The Bertz CT molecular complexity index is 179. The van der Waals surface area contributed by atoms with Crippen LogP contribution in [0.2, 0.25) is 0 Å². The zero-order chi connectivity index (χ0) is 9.47. The Morgan fingerprint density at radius 3 is 1.92 bits per heavy atom. The van der Waals surface area contributed by atoms with Crippen LogP contribution in [0.1, 0.15) is 38.5 Å². The highest BCUT2D eigenvalue weighted by atomic mass is 19.3. The van der Waals surface area contributed by atoms with Gasteiger partial charge < -0.3 is 5.73 Å². The molecule has 1 unspecified atom stereocenters. The first-order valence-corrected chi connectivity index (χ1v) is 5.22. The lowest BCUT2D eigenvalue weighted by Crippen LogP contribution is -2.37. The van der Waals surface area contributed by atoms with Crippen molar-refractivity contribution in [2.75, 3.05) is 0 Å². The summed E-state index contributed by atoms with van der Waals surface area (Å²) in [5.41, 5.74) is 6.00. The number of alkyl halides is 2. The highest BCUT2D eigenvalue weighted by Crippen LogP contribution is 2.42. The van der Waals surface area contributed by atoms with Gasteiger partial charge in [-0.25, -0.2) is 8.78 Å². The third-order valence-electron chi connectivity index (χ3n) is 3.47. The largest absolute Gasteiger partial charge is 0.327 e. The van der Waals surface area contributed by atoms with Gasteiger partial charge >= 0.3 is 0 Å². The molecule has 0 saturated heterocycles. The summed E-state index contributed by atoms with van der Waals surface area (Å²) in [7, 11) is 0. The molecule has 0 amide bonds. The number of rotatable bonds is 2. The SMILES string of the molecule is NC(C1CC1)C1CCC(F)(F)CC1. The molecule has 0 heterocycles. The standard InChI is InChI=1S/C10H17F2N/c11-10(12)5-3-8(4-6-10)9(13)7-1-2-7/h7-9H,1-6,13H2. The highest BCUT2D eigenvalue weighted by Gasteiger charge is 2.40. The van der Waals surface area contributed by atoms with E-state index in [9.17, 15) is 8.78 Å². The van der Waals surface area contributed by atoms with Crippen LogP contribution in [0.15, 0.2) is 0 Å². The van der Waals surface area contributed by atoms with Crippen molar-refractivity contribution in [2.45, 2.75) is 50.5 Å². The second-order valence-corrected chi connectivity index (χ2v) is 4.61. The third kappa shape index (κ3) is 2.19. The molecular formula is C10H17F2N. The fourth-order valence-corrected chi connectivity index (χ4v) is 2.31. The van der Waals surface area contributed by atoms with E-state index in [1.54, 1.807) is 0 Å².